The van der Waals surface area contributed by atoms with Gasteiger partial charge in [0.1, 0.15) is 4.83 Å². The fraction of sp³-hybridized carbons (Fsp3) is 0.136. The number of halogens is 2. The number of benzene rings is 2. The molecule has 2 heterocycles. The second kappa shape index (κ2) is 9.04. The van der Waals surface area contributed by atoms with Crippen molar-refractivity contribution in [3.63, 3.8) is 0 Å². The van der Waals surface area contributed by atoms with Crippen LogP contribution in [0.2, 0.25) is 10.0 Å². The first-order valence-corrected chi connectivity index (χ1v) is 11.9. The van der Waals surface area contributed by atoms with Gasteiger partial charge in [0.2, 0.25) is 5.91 Å². The maximum atomic E-state index is 13.5. The largest absolute Gasteiger partial charge is 0.325 e. The third-order valence-corrected chi connectivity index (χ3v) is 7.50. The van der Waals surface area contributed by atoms with Gasteiger partial charge >= 0.3 is 0 Å². The van der Waals surface area contributed by atoms with Crippen LogP contribution in [0.4, 0.5) is 5.69 Å². The SMILES string of the molecule is Cc1sc2nc(SCC(=O)Nc3ccccc3)n(-c3ccc(Cl)c(Cl)c3)c(=O)c2c1C. The van der Waals surface area contributed by atoms with Crippen molar-refractivity contribution in [3.05, 3.63) is 79.4 Å². The number of para-hydroxylation sites is 1. The summed E-state index contributed by atoms with van der Waals surface area (Å²) in [5.41, 5.74) is 1.96. The zero-order chi connectivity index (χ0) is 22.1. The van der Waals surface area contributed by atoms with Crippen molar-refractivity contribution in [1.82, 2.24) is 9.55 Å². The standard InChI is InChI=1S/C22H17Cl2N3O2S2/c1-12-13(2)31-20-19(12)21(29)27(15-8-9-16(23)17(24)10-15)22(26-20)30-11-18(28)25-14-6-4-3-5-7-14/h3-10H,11H2,1-2H3,(H,25,28). The predicted molar refractivity (Wildman–Crippen MR) is 131 cm³/mol. The molecule has 0 aliphatic carbocycles. The Morgan fingerprint density at radius 3 is 2.58 bits per heavy atom. The number of hydrogen-bond donors (Lipinski definition) is 1. The molecule has 9 heteroatoms. The number of aryl methyl sites for hydroxylation is 2. The molecule has 158 valence electrons. The Morgan fingerprint density at radius 2 is 1.87 bits per heavy atom. The normalized spacial score (nSPS) is 11.1. The maximum Gasteiger partial charge on any atom is 0.267 e. The monoisotopic (exact) mass is 489 g/mol. The van der Waals surface area contributed by atoms with Crippen molar-refractivity contribution in [2.75, 3.05) is 11.1 Å². The lowest BCUT2D eigenvalue weighted by Gasteiger charge is -2.13. The fourth-order valence-electron chi connectivity index (χ4n) is 3.07. The van der Waals surface area contributed by atoms with Gasteiger partial charge in [0.25, 0.3) is 5.56 Å². The molecule has 1 amide bonds. The number of thioether (sulfide) groups is 1. The Balaban J connectivity index is 1.75. The minimum Gasteiger partial charge on any atom is -0.325 e. The van der Waals surface area contributed by atoms with E-state index in [4.69, 9.17) is 28.2 Å². The molecule has 0 atom stereocenters. The smallest absolute Gasteiger partial charge is 0.267 e. The summed E-state index contributed by atoms with van der Waals surface area (Å²) in [5, 5.41) is 4.56. The van der Waals surface area contributed by atoms with E-state index in [9.17, 15) is 9.59 Å². The second-order valence-electron chi connectivity index (χ2n) is 6.80. The molecule has 5 nitrogen and oxygen atoms in total. The van der Waals surface area contributed by atoms with Crippen molar-refractivity contribution in [2.24, 2.45) is 0 Å². The van der Waals surface area contributed by atoms with E-state index >= 15 is 0 Å². The average Bonchev–Trinajstić information content (AvgIpc) is 3.03. The summed E-state index contributed by atoms with van der Waals surface area (Å²) in [6.07, 6.45) is 0. The zero-order valence-corrected chi connectivity index (χ0v) is 19.8. The molecule has 0 spiro atoms. The van der Waals surface area contributed by atoms with E-state index in [1.54, 1.807) is 18.2 Å². The summed E-state index contributed by atoms with van der Waals surface area (Å²) < 4.78 is 1.49. The van der Waals surface area contributed by atoms with Gasteiger partial charge in [0.05, 0.1) is 26.9 Å². The highest BCUT2D eigenvalue weighted by atomic mass is 35.5. The third-order valence-electron chi connectivity index (χ3n) is 4.72. The van der Waals surface area contributed by atoms with E-state index in [1.165, 1.54) is 27.7 Å². The van der Waals surface area contributed by atoms with Crippen LogP contribution in [0.3, 0.4) is 0 Å². The first kappa shape index (κ1) is 21.9. The van der Waals surface area contributed by atoms with Crippen molar-refractivity contribution < 1.29 is 4.79 Å². The van der Waals surface area contributed by atoms with Gasteiger partial charge in [-0.3, -0.25) is 14.2 Å². The van der Waals surface area contributed by atoms with E-state index < -0.39 is 0 Å². The molecule has 0 aliphatic heterocycles. The molecule has 0 radical (unpaired) electrons. The first-order valence-electron chi connectivity index (χ1n) is 9.31. The van der Waals surface area contributed by atoms with Crippen molar-refractivity contribution in [1.29, 1.82) is 0 Å². The predicted octanol–water partition coefficient (Wildman–Crippen LogP) is 6.10. The average molecular weight is 490 g/mol. The minimum atomic E-state index is -0.198. The van der Waals surface area contributed by atoms with E-state index in [0.717, 1.165) is 10.4 Å². The summed E-state index contributed by atoms with van der Waals surface area (Å²) in [5.74, 6) is -0.0953. The number of thiophene rings is 1. The van der Waals surface area contributed by atoms with Crippen LogP contribution in [0.1, 0.15) is 10.4 Å². The summed E-state index contributed by atoms with van der Waals surface area (Å²) in [7, 11) is 0. The number of amides is 1. The molecule has 2 aromatic carbocycles. The third kappa shape index (κ3) is 4.50. The number of rotatable bonds is 5. The van der Waals surface area contributed by atoms with E-state index in [2.05, 4.69) is 5.32 Å². The molecule has 1 N–H and O–H groups in total. The highest BCUT2D eigenvalue weighted by Gasteiger charge is 2.19. The van der Waals surface area contributed by atoms with Crippen LogP contribution in [0.5, 0.6) is 0 Å². The zero-order valence-electron chi connectivity index (χ0n) is 16.6. The van der Waals surface area contributed by atoms with Gasteiger partial charge in [-0.2, -0.15) is 0 Å². The lowest BCUT2D eigenvalue weighted by Crippen LogP contribution is -2.23. The maximum absolute atomic E-state index is 13.5. The van der Waals surface area contributed by atoms with Gasteiger partial charge in [-0.05, 0) is 49.7 Å². The van der Waals surface area contributed by atoms with E-state index in [1.807, 2.05) is 44.2 Å². The van der Waals surface area contributed by atoms with E-state index in [-0.39, 0.29) is 17.2 Å². The van der Waals surface area contributed by atoms with Gasteiger partial charge < -0.3 is 5.32 Å². The molecule has 4 aromatic rings. The molecule has 0 saturated carbocycles. The van der Waals surface area contributed by atoms with Crippen LogP contribution in [0.25, 0.3) is 15.9 Å². The van der Waals surface area contributed by atoms with Gasteiger partial charge in [-0.1, -0.05) is 53.2 Å². The number of nitrogens with zero attached hydrogens (tertiary/aromatic N) is 2. The number of aromatic nitrogens is 2. The lowest BCUT2D eigenvalue weighted by molar-refractivity contribution is -0.113. The Hall–Kier alpha value is -2.32. The lowest BCUT2D eigenvalue weighted by atomic mass is 10.2. The highest BCUT2D eigenvalue weighted by molar-refractivity contribution is 7.99. The van der Waals surface area contributed by atoms with Crippen LogP contribution in [-0.4, -0.2) is 21.2 Å². The van der Waals surface area contributed by atoms with Gasteiger partial charge in [-0.25, -0.2) is 4.98 Å². The van der Waals surface area contributed by atoms with Crippen LogP contribution in [0.15, 0.2) is 58.5 Å². The number of fused-ring (bicyclic) bond motifs is 1. The molecule has 0 fully saturated rings. The van der Waals surface area contributed by atoms with E-state index in [0.29, 0.717) is 36.8 Å². The van der Waals surface area contributed by atoms with Crippen molar-refractivity contribution >= 4 is 68.1 Å². The summed E-state index contributed by atoms with van der Waals surface area (Å²) in [6, 6.07) is 14.2. The molecular weight excluding hydrogens is 473 g/mol. The van der Waals surface area contributed by atoms with Crippen LogP contribution >= 0.6 is 46.3 Å². The topological polar surface area (TPSA) is 64.0 Å². The number of anilines is 1. The Morgan fingerprint density at radius 1 is 1.13 bits per heavy atom. The number of carbonyl (C=O) groups is 1. The van der Waals surface area contributed by atoms with Crippen LogP contribution in [-0.2, 0) is 4.79 Å². The quantitative estimate of drug-likeness (QED) is 0.271. The molecule has 31 heavy (non-hydrogen) atoms. The van der Waals surface area contributed by atoms with Crippen molar-refractivity contribution in [2.45, 2.75) is 19.0 Å². The van der Waals surface area contributed by atoms with Crippen molar-refractivity contribution in [3.8, 4) is 5.69 Å². The first-order chi connectivity index (χ1) is 14.8. The summed E-state index contributed by atoms with van der Waals surface area (Å²) >= 11 is 14.9. The van der Waals surface area contributed by atoms with Crippen LogP contribution in [0, 0.1) is 13.8 Å². The molecule has 0 unspecified atom stereocenters. The second-order valence-corrected chi connectivity index (χ2v) is 9.76. The molecule has 4 rings (SSSR count). The Labute approximate surface area is 197 Å². The van der Waals surface area contributed by atoms with Gasteiger partial charge in [0.15, 0.2) is 5.16 Å². The van der Waals surface area contributed by atoms with Gasteiger partial charge in [-0.15, -0.1) is 11.3 Å². The molecule has 0 saturated heterocycles. The molecule has 2 aromatic heterocycles. The Bertz CT molecular complexity index is 1350. The Kier molecular flexibility index (Phi) is 6.39. The highest BCUT2D eigenvalue weighted by Crippen LogP contribution is 2.31. The number of carbonyl (C=O) groups excluding carboxylic acids is 1. The number of nitrogens with one attached hydrogen (secondary N) is 1. The molecule has 0 bridgehead atoms. The summed E-state index contributed by atoms with van der Waals surface area (Å²) in [4.78, 5) is 32.3. The number of hydrogen-bond acceptors (Lipinski definition) is 5. The van der Waals surface area contributed by atoms with Crippen LogP contribution < -0.4 is 10.9 Å². The summed E-state index contributed by atoms with van der Waals surface area (Å²) in [6.45, 7) is 3.88. The van der Waals surface area contributed by atoms with Gasteiger partial charge in [0, 0.05) is 10.6 Å². The molecular formula is C22H17Cl2N3O2S2. The minimum absolute atomic E-state index is 0.0947. The molecule has 0 aliphatic rings. The fourth-order valence-corrected chi connectivity index (χ4v) is 5.25.